The fourth-order valence-electron chi connectivity index (χ4n) is 2.43. The summed E-state index contributed by atoms with van der Waals surface area (Å²) in [4.78, 5) is 2.06. The number of hydrogen-bond donors (Lipinski definition) is 0. The Hall–Kier alpha value is -3.93. The van der Waals surface area contributed by atoms with Gasteiger partial charge < -0.3 is 4.90 Å². The number of benzene rings is 3. The summed E-state index contributed by atoms with van der Waals surface area (Å²) in [5.74, 6) is 12.7. The number of nitriles is 1. The third kappa shape index (κ3) is 5.02. The summed E-state index contributed by atoms with van der Waals surface area (Å²) < 4.78 is 0. The van der Waals surface area contributed by atoms with Gasteiger partial charge in [-0.1, -0.05) is 29.7 Å². The van der Waals surface area contributed by atoms with Crippen LogP contribution in [-0.2, 0) is 0 Å². The molecule has 0 aromatic heterocycles. The van der Waals surface area contributed by atoms with Gasteiger partial charge in [-0.05, 0) is 66.7 Å². The van der Waals surface area contributed by atoms with Gasteiger partial charge in [0.25, 0.3) is 0 Å². The molecule has 0 fully saturated rings. The van der Waals surface area contributed by atoms with Gasteiger partial charge in [0.1, 0.15) is 0 Å². The van der Waals surface area contributed by atoms with Crippen LogP contribution in [0, 0.1) is 35.0 Å². The van der Waals surface area contributed by atoms with Gasteiger partial charge in [-0.15, -0.1) is 0 Å². The summed E-state index contributed by atoms with van der Waals surface area (Å²) >= 11 is 0. The minimum Gasteiger partial charge on any atom is -0.378 e. The van der Waals surface area contributed by atoms with Crippen molar-refractivity contribution in [1.29, 1.82) is 5.26 Å². The maximum Gasteiger partial charge on any atom is 0.0991 e. The first kappa shape index (κ1) is 17.9. The van der Waals surface area contributed by atoms with E-state index in [1.54, 1.807) is 12.1 Å². The van der Waals surface area contributed by atoms with Crippen LogP contribution in [0.3, 0.4) is 0 Å². The Labute approximate surface area is 160 Å². The van der Waals surface area contributed by atoms with Crippen LogP contribution in [0.15, 0.2) is 72.8 Å². The lowest BCUT2D eigenvalue weighted by Crippen LogP contribution is -2.07. The molecule has 128 valence electrons. The minimum absolute atomic E-state index is 0.636. The molecule has 3 rings (SSSR count). The van der Waals surface area contributed by atoms with Crippen molar-refractivity contribution in [3.05, 3.63) is 101 Å². The molecule has 0 amide bonds. The van der Waals surface area contributed by atoms with Gasteiger partial charge in [0, 0.05) is 42.0 Å². The second-order valence-electron chi connectivity index (χ2n) is 6.21. The van der Waals surface area contributed by atoms with E-state index in [2.05, 4.69) is 46.8 Å². The third-order valence-corrected chi connectivity index (χ3v) is 3.96. The normalized spacial score (nSPS) is 9.22. The van der Waals surface area contributed by atoms with E-state index in [4.69, 9.17) is 5.26 Å². The van der Waals surface area contributed by atoms with E-state index in [9.17, 15) is 0 Å². The van der Waals surface area contributed by atoms with Crippen molar-refractivity contribution >= 4 is 5.69 Å². The zero-order chi connectivity index (χ0) is 19.1. The molecule has 0 bridgehead atoms. The molecule has 0 aliphatic rings. The van der Waals surface area contributed by atoms with Crippen LogP contribution in [-0.4, -0.2) is 14.1 Å². The van der Waals surface area contributed by atoms with Crippen LogP contribution in [0.2, 0.25) is 0 Å². The van der Waals surface area contributed by atoms with Crippen LogP contribution >= 0.6 is 0 Å². The Morgan fingerprint density at radius 3 is 1.52 bits per heavy atom. The van der Waals surface area contributed by atoms with Gasteiger partial charge in [-0.25, -0.2) is 0 Å². The molecule has 2 nitrogen and oxygen atoms in total. The molecule has 0 saturated heterocycles. The largest absolute Gasteiger partial charge is 0.378 e. The zero-order valence-electron chi connectivity index (χ0n) is 15.3. The minimum atomic E-state index is 0.636. The fourth-order valence-corrected chi connectivity index (χ4v) is 2.43. The maximum atomic E-state index is 8.84. The van der Waals surface area contributed by atoms with E-state index in [1.165, 1.54) is 0 Å². The van der Waals surface area contributed by atoms with Gasteiger partial charge in [0.15, 0.2) is 0 Å². The third-order valence-electron chi connectivity index (χ3n) is 3.96. The number of anilines is 1. The summed E-state index contributed by atoms with van der Waals surface area (Å²) in [6.07, 6.45) is 0. The molecule has 3 aromatic rings. The van der Waals surface area contributed by atoms with E-state index in [0.29, 0.717) is 5.56 Å². The molecule has 0 spiro atoms. The highest BCUT2D eigenvalue weighted by Crippen LogP contribution is 2.12. The molecule has 0 aliphatic heterocycles. The molecular formula is C25H18N2. The van der Waals surface area contributed by atoms with E-state index in [1.807, 2.05) is 62.6 Å². The zero-order valence-corrected chi connectivity index (χ0v) is 15.3. The summed E-state index contributed by atoms with van der Waals surface area (Å²) in [5.41, 5.74) is 5.49. The van der Waals surface area contributed by atoms with Crippen LogP contribution in [0.4, 0.5) is 5.69 Å². The van der Waals surface area contributed by atoms with Crippen molar-refractivity contribution in [2.75, 3.05) is 19.0 Å². The average molecular weight is 346 g/mol. The topological polar surface area (TPSA) is 27.0 Å². The Morgan fingerprint density at radius 2 is 1.04 bits per heavy atom. The molecule has 0 heterocycles. The number of nitrogens with zero attached hydrogens (tertiary/aromatic N) is 2. The van der Waals surface area contributed by atoms with Crippen molar-refractivity contribution in [3.8, 4) is 29.8 Å². The van der Waals surface area contributed by atoms with Crippen LogP contribution in [0.5, 0.6) is 0 Å². The van der Waals surface area contributed by atoms with Crippen LogP contribution in [0.25, 0.3) is 0 Å². The monoisotopic (exact) mass is 346 g/mol. The lowest BCUT2D eigenvalue weighted by molar-refractivity contribution is 1.13. The predicted octanol–water partition coefficient (Wildman–Crippen LogP) is 4.42. The standard InChI is InChI=1S/C25H18N2/c1-27(2)25-16-14-21(15-17-25)7-11-23-5-3-4-22(18-23)10-6-20-8-12-24(19-26)13-9-20/h3-5,8-9,12-18H,1-2H3. The Balaban J connectivity index is 1.76. The lowest BCUT2D eigenvalue weighted by atomic mass is 10.1. The van der Waals surface area contributed by atoms with Crippen molar-refractivity contribution in [1.82, 2.24) is 0 Å². The van der Waals surface area contributed by atoms with Crippen molar-refractivity contribution in [2.24, 2.45) is 0 Å². The molecule has 0 atom stereocenters. The van der Waals surface area contributed by atoms with Gasteiger partial charge in [0.2, 0.25) is 0 Å². The van der Waals surface area contributed by atoms with E-state index in [-0.39, 0.29) is 0 Å². The summed E-state index contributed by atoms with van der Waals surface area (Å²) in [5, 5.41) is 8.84. The molecule has 3 aromatic carbocycles. The summed E-state index contributed by atoms with van der Waals surface area (Å²) in [6, 6.07) is 25.4. The first-order chi connectivity index (χ1) is 13.1. The molecule has 0 radical (unpaired) electrons. The Kier molecular flexibility index (Phi) is 5.59. The molecule has 0 saturated carbocycles. The quantitative estimate of drug-likeness (QED) is 0.610. The smallest absolute Gasteiger partial charge is 0.0991 e. The molecule has 2 heteroatoms. The van der Waals surface area contributed by atoms with Crippen molar-refractivity contribution < 1.29 is 0 Å². The number of hydrogen-bond acceptors (Lipinski definition) is 2. The SMILES string of the molecule is CN(C)c1ccc(C#Cc2cccc(C#Cc3ccc(C#N)cc3)c2)cc1. The molecule has 0 unspecified atom stereocenters. The molecule has 0 aliphatic carbocycles. The highest BCUT2D eigenvalue weighted by molar-refractivity contribution is 5.52. The van der Waals surface area contributed by atoms with Gasteiger partial charge in [0.05, 0.1) is 11.6 Å². The molecule has 0 N–H and O–H groups in total. The van der Waals surface area contributed by atoms with Crippen molar-refractivity contribution in [3.63, 3.8) is 0 Å². The van der Waals surface area contributed by atoms with E-state index >= 15 is 0 Å². The highest BCUT2D eigenvalue weighted by atomic mass is 15.1. The van der Waals surface area contributed by atoms with Crippen molar-refractivity contribution in [2.45, 2.75) is 0 Å². The molecular weight excluding hydrogens is 328 g/mol. The number of rotatable bonds is 1. The first-order valence-corrected chi connectivity index (χ1v) is 8.56. The second-order valence-corrected chi connectivity index (χ2v) is 6.21. The highest BCUT2D eigenvalue weighted by Gasteiger charge is 1.95. The summed E-state index contributed by atoms with van der Waals surface area (Å²) in [7, 11) is 4.04. The van der Waals surface area contributed by atoms with Gasteiger partial charge in [-0.3, -0.25) is 0 Å². The van der Waals surface area contributed by atoms with Crippen LogP contribution < -0.4 is 4.90 Å². The Morgan fingerprint density at radius 1 is 0.593 bits per heavy atom. The second kappa shape index (κ2) is 8.44. The van der Waals surface area contributed by atoms with E-state index < -0.39 is 0 Å². The van der Waals surface area contributed by atoms with Crippen LogP contribution in [0.1, 0.15) is 27.8 Å². The average Bonchev–Trinajstić information content (AvgIpc) is 2.72. The van der Waals surface area contributed by atoms with Gasteiger partial charge in [-0.2, -0.15) is 5.26 Å². The summed E-state index contributed by atoms with van der Waals surface area (Å²) in [6.45, 7) is 0. The lowest BCUT2D eigenvalue weighted by Gasteiger charge is -2.11. The van der Waals surface area contributed by atoms with Gasteiger partial charge >= 0.3 is 0 Å². The predicted molar refractivity (Wildman–Crippen MR) is 110 cm³/mol. The fraction of sp³-hybridized carbons (Fsp3) is 0.0800. The Bertz CT molecular complexity index is 1090. The molecule has 27 heavy (non-hydrogen) atoms. The first-order valence-electron chi connectivity index (χ1n) is 8.56. The van der Waals surface area contributed by atoms with E-state index in [0.717, 1.165) is 27.9 Å². The maximum absolute atomic E-state index is 8.84.